The average Bonchev–Trinajstić information content (AvgIpc) is 1.77. The number of carbonyl (C=O) groups is 2. The average molecular weight is 1520 g/mol. The van der Waals surface area contributed by atoms with Crippen LogP contribution in [0, 0.1) is 0 Å². The van der Waals surface area contributed by atoms with E-state index in [1.54, 1.807) is 32.3 Å². The third-order valence-corrected chi connectivity index (χ3v) is 22.1. The molecule has 2 amide bonds. The number of rotatable bonds is 7. The lowest BCUT2D eigenvalue weighted by Gasteiger charge is -2.48. The van der Waals surface area contributed by atoms with Crippen molar-refractivity contribution in [3.63, 3.8) is 0 Å². The SMILES string of the molecule is CC(=O)N1CCN(c2cc(Cl)cc3c(N)noc23)CC1(C)C.CC(=O)N1CCN(c2cc(Cl)cc3c2CN=C3N)CC1(C)C.CS(=O)(=O)N1CCN(c2cc(Cl)cc3c2CN=C3N)CC1.Clc1cc(N2CCCCC2)c2cn[nH]c2c1.Clc1cc(N2CCN(c3ncccn3)CC2)c2cn[nH]c2c1. The van der Waals surface area contributed by atoms with Crippen LogP contribution in [0.25, 0.3) is 32.8 Å². The van der Waals surface area contributed by atoms with Gasteiger partial charge >= 0.3 is 0 Å². The van der Waals surface area contributed by atoms with Crippen molar-refractivity contribution in [3.05, 3.63) is 139 Å². The number of amides is 2. The summed E-state index contributed by atoms with van der Waals surface area (Å²) in [5, 5.41) is 24.4. The molecule has 11 heterocycles. The number of nitrogens with zero attached hydrogens (tertiary/aromatic N) is 16. The van der Waals surface area contributed by atoms with Gasteiger partial charge in [-0.3, -0.25) is 29.8 Å². The number of fused-ring (bicyclic) bond motifs is 5. The second-order valence-electron chi connectivity index (χ2n) is 27.7. The van der Waals surface area contributed by atoms with Crippen molar-refractivity contribution in [1.29, 1.82) is 0 Å². The second-order valence-corrected chi connectivity index (χ2v) is 31.9. The molecule has 0 atom stereocenters. The number of aromatic nitrogens is 7. The summed E-state index contributed by atoms with van der Waals surface area (Å²) in [7, 11) is -3.12. The quantitative estimate of drug-likeness (QED) is 0.0990. The minimum absolute atomic E-state index is 0.0878. The van der Waals surface area contributed by atoms with Gasteiger partial charge in [0.1, 0.15) is 11.7 Å². The zero-order chi connectivity index (χ0) is 73.2. The number of sulfonamides is 1. The molecule has 0 radical (unpaired) electrons. The van der Waals surface area contributed by atoms with Gasteiger partial charge in [-0.2, -0.15) is 14.5 Å². The molecule has 8 N–H and O–H groups in total. The topological polar surface area (TPSA) is 309 Å². The molecule has 5 fully saturated rings. The van der Waals surface area contributed by atoms with E-state index in [4.69, 9.17) is 79.7 Å². The van der Waals surface area contributed by atoms with Crippen molar-refractivity contribution < 1.29 is 22.5 Å². The summed E-state index contributed by atoms with van der Waals surface area (Å²) in [6.45, 7) is 25.0. The van der Waals surface area contributed by atoms with Gasteiger partial charge in [0.25, 0.3) is 0 Å². The summed E-state index contributed by atoms with van der Waals surface area (Å²) in [6.07, 6.45) is 12.4. The Labute approximate surface area is 624 Å². The molecule has 0 unspecified atom stereocenters. The number of H-pyrrole nitrogens is 2. The molecule has 5 saturated heterocycles. The van der Waals surface area contributed by atoms with E-state index in [1.807, 2.05) is 82.9 Å². The maximum absolute atomic E-state index is 11.8. The van der Waals surface area contributed by atoms with Crippen LogP contribution in [0.3, 0.4) is 0 Å². The predicted octanol–water partition coefficient (Wildman–Crippen LogP) is 10.7. The summed E-state index contributed by atoms with van der Waals surface area (Å²) in [6, 6.07) is 20.9. The van der Waals surface area contributed by atoms with E-state index in [-0.39, 0.29) is 22.9 Å². The highest BCUT2D eigenvalue weighted by Crippen LogP contribution is 2.40. The Hall–Kier alpha value is -8.57. The summed E-state index contributed by atoms with van der Waals surface area (Å²) in [5.74, 6) is 2.41. The highest BCUT2D eigenvalue weighted by molar-refractivity contribution is 7.88. The minimum Gasteiger partial charge on any atom is -0.383 e. The summed E-state index contributed by atoms with van der Waals surface area (Å²) in [5.41, 5.74) is 29.1. The fourth-order valence-corrected chi connectivity index (χ4v) is 16.6. The third kappa shape index (κ3) is 16.7. The van der Waals surface area contributed by atoms with E-state index in [0.717, 1.165) is 130 Å². The highest BCUT2D eigenvalue weighted by atomic mass is 35.5. The number of anilines is 7. The van der Waals surface area contributed by atoms with Crippen LogP contribution in [-0.4, -0.2) is 204 Å². The number of nitrogens with two attached hydrogens (primary N) is 3. The number of carbonyl (C=O) groups excluding carboxylic acids is 2. The fraction of sp³-hybridized carbons (Fsp3) is 0.423. The standard InChI is InChI=1S/C16H21ClN4O.C15H15ClN6.C15H19ClN4O2.C13H17ClN4O2S.C12H14ClN3/c1-10(22)21-5-4-20(9-16(21,2)3)14-7-11(17)6-12-13(14)8-19-15(12)18;16-11-8-13-12(10-19-20-13)14(9-11)21-4-6-22(7-5-21)15-17-2-1-3-18-15;1-9(21)20-5-4-19(8-15(20,2)3)12-7-10(16)6-11-13(12)22-18-14(11)17;1-21(19,20)18-4-2-17(3-5-18)12-7-9(14)6-10-11(12)8-16-13(10)15;13-9-6-11-10(8-14-15-11)12(7-9)16-4-2-1-3-5-16/h6-7H,4-5,8-9H2,1-3H3,(H2,18,19);1-3,8-10H,4-7H2,(H,19,20);6-7H,4-5,8H2,1-3H3,(H2,17,18);6-7H,2-5,8H2,1H3,(H2,15,16);6-8H,1-5H2,(H,14,15). The summed E-state index contributed by atoms with van der Waals surface area (Å²) in [4.78, 5) is 58.2. The first-order valence-corrected chi connectivity index (χ1v) is 38.0. The van der Waals surface area contributed by atoms with Gasteiger partial charge in [0.15, 0.2) is 11.4 Å². The molecule has 103 heavy (non-hydrogen) atoms. The second kappa shape index (κ2) is 31.0. The lowest BCUT2D eigenvalue weighted by atomic mass is 9.96. The number of hydrogen-bond acceptors (Lipinski definition) is 21. The molecular formula is C71H86Cl5N21O5S. The number of benzene rings is 5. The van der Waals surface area contributed by atoms with Crippen molar-refractivity contribution in [1.82, 2.24) is 49.6 Å². The maximum atomic E-state index is 11.8. The van der Waals surface area contributed by atoms with Gasteiger partial charge in [-0.1, -0.05) is 63.2 Å². The molecule has 7 aliphatic heterocycles. The molecule has 546 valence electrons. The van der Waals surface area contributed by atoms with E-state index < -0.39 is 10.0 Å². The molecule has 5 aromatic carbocycles. The van der Waals surface area contributed by atoms with Gasteiger partial charge < -0.3 is 60.9 Å². The van der Waals surface area contributed by atoms with Crippen molar-refractivity contribution >= 4 is 164 Å². The Balaban J connectivity index is 0.000000122. The van der Waals surface area contributed by atoms with Crippen molar-refractivity contribution in [2.45, 2.75) is 85.0 Å². The first-order valence-electron chi connectivity index (χ1n) is 34.2. The normalized spacial score (nSPS) is 18.0. The van der Waals surface area contributed by atoms with Crippen molar-refractivity contribution in [3.8, 4) is 0 Å². The van der Waals surface area contributed by atoms with Crippen LogP contribution in [0.2, 0.25) is 25.1 Å². The van der Waals surface area contributed by atoms with E-state index in [0.29, 0.717) is 109 Å². The summed E-state index contributed by atoms with van der Waals surface area (Å²) < 4.78 is 30.0. The van der Waals surface area contributed by atoms with Gasteiger partial charge in [-0.15, -0.1) is 0 Å². The summed E-state index contributed by atoms with van der Waals surface area (Å²) >= 11 is 31.0. The Morgan fingerprint density at radius 2 is 0.903 bits per heavy atom. The van der Waals surface area contributed by atoms with Crippen LogP contribution >= 0.6 is 58.0 Å². The number of nitrogen functional groups attached to an aromatic ring is 1. The first kappa shape index (κ1) is 74.2. The van der Waals surface area contributed by atoms with Crippen molar-refractivity contribution in [2.24, 2.45) is 21.5 Å². The number of piperidine rings is 1. The van der Waals surface area contributed by atoms with E-state index in [2.05, 4.69) is 103 Å². The van der Waals surface area contributed by atoms with Gasteiger partial charge in [0.2, 0.25) is 27.8 Å². The number of hydrogen-bond donors (Lipinski definition) is 5. The van der Waals surface area contributed by atoms with E-state index in [9.17, 15) is 18.0 Å². The molecule has 26 nitrogen and oxygen atoms in total. The number of aromatic amines is 2. The fourth-order valence-electron chi connectivity index (χ4n) is 14.7. The monoisotopic (exact) mass is 1520 g/mol. The van der Waals surface area contributed by atoms with Crippen LogP contribution in [0.4, 0.5) is 40.2 Å². The van der Waals surface area contributed by atoms with Gasteiger partial charge in [0.05, 0.1) is 64.9 Å². The highest BCUT2D eigenvalue weighted by Gasteiger charge is 2.39. The van der Waals surface area contributed by atoms with Crippen LogP contribution in [0.15, 0.2) is 106 Å². The lowest BCUT2D eigenvalue weighted by Crippen LogP contribution is -2.60. The zero-order valence-electron chi connectivity index (χ0n) is 58.7. The van der Waals surface area contributed by atoms with Gasteiger partial charge in [-0.25, -0.2) is 18.4 Å². The largest absolute Gasteiger partial charge is 0.383 e. The number of amidine groups is 2. The molecule has 0 bridgehead atoms. The molecule has 9 aromatic rings. The van der Waals surface area contributed by atoms with Gasteiger partial charge in [-0.05, 0) is 114 Å². The maximum Gasteiger partial charge on any atom is 0.225 e. The van der Waals surface area contributed by atoms with Gasteiger partial charge in [0, 0.05) is 212 Å². The number of aliphatic imine (C=N–C) groups is 2. The smallest absolute Gasteiger partial charge is 0.225 e. The Morgan fingerprint density at radius 1 is 0.495 bits per heavy atom. The van der Waals surface area contributed by atoms with Crippen molar-refractivity contribution in [2.75, 3.05) is 146 Å². The molecule has 4 aromatic heterocycles. The molecule has 7 aliphatic rings. The van der Waals surface area contributed by atoms with Crippen LogP contribution in [-0.2, 0) is 32.7 Å². The Bertz CT molecular complexity index is 4780. The molecule has 16 rings (SSSR count). The van der Waals surface area contributed by atoms with Crippen LogP contribution < -0.4 is 46.6 Å². The number of piperazine rings is 4. The van der Waals surface area contributed by atoms with E-state index >= 15 is 0 Å². The predicted molar refractivity (Wildman–Crippen MR) is 416 cm³/mol. The van der Waals surface area contributed by atoms with Crippen LogP contribution in [0.1, 0.15) is 83.1 Å². The molecule has 32 heteroatoms. The molecular weight excluding hydrogens is 1440 g/mol. The molecule has 0 aliphatic carbocycles. The van der Waals surface area contributed by atoms with E-state index in [1.165, 1.54) is 40.9 Å². The third-order valence-electron chi connectivity index (χ3n) is 19.7. The molecule has 0 saturated carbocycles. The number of halogens is 5. The number of nitrogens with one attached hydrogen (secondary N) is 2. The zero-order valence-corrected chi connectivity index (χ0v) is 63.3. The van der Waals surface area contributed by atoms with Crippen LogP contribution in [0.5, 0.6) is 0 Å². The Kier molecular flexibility index (Phi) is 22.3. The minimum atomic E-state index is -3.12. The first-order chi connectivity index (χ1) is 49.1. The Morgan fingerprint density at radius 3 is 1.39 bits per heavy atom. The lowest BCUT2D eigenvalue weighted by molar-refractivity contribution is -0.135. The molecule has 0 spiro atoms.